The van der Waals surface area contributed by atoms with Crippen LogP contribution in [0.3, 0.4) is 0 Å². The molecule has 0 atom stereocenters. The van der Waals surface area contributed by atoms with Gasteiger partial charge in [-0.2, -0.15) is 0 Å². The highest BCUT2D eigenvalue weighted by Gasteiger charge is 2.12. The van der Waals surface area contributed by atoms with E-state index in [1.165, 1.54) is 23.0 Å². The quantitative estimate of drug-likeness (QED) is 0.605. The second-order valence-electron chi connectivity index (χ2n) is 4.31. The molecule has 0 bridgehead atoms. The van der Waals surface area contributed by atoms with E-state index in [0.29, 0.717) is 5.15 Å². The van der Waals surface area contributed by atoms with Crippen LogP contribution in [-0.2, 0) is 0 Å². The summed E-state index contributed by atoms with van der Waals surface area (Å²) in [6, 6.07) is 6.44. The standard InChI is InChI=1S/C14H11ClN2S/c1-8-3-4-10(9(2)5-8)11-6-18-13-12(11)16-7-17-14(13)15/h3-7H,1-2H3. The Morgan fingerprint density at radius 1 is 1.11 bits per heavy atom. The van der Waals surface area contributed by atoms with E-state index in [2.05, 4.69) is 47.4 Å². The first-order valence-electron chi connectivity index (χ1n) is 5.62. The van der Waals surface area contributed by atoms with Gasteiger partial charge in [0.15, 0.2) is 0 Å². The second kappa shape index (κ2) is 4.34. The van der Waals surface area contributed by atoms with Gasteiger partial charge >= 0.3 is 0 Å². The third-order valence-electron chi connectivity index (χ3n) is 2.98. The molecular weight excluding hydrogens is 264 g/mol. The van der Waals surface area contributed by atoms with E-state index in [9.17, 15) is 0 Å². The Bertz CT molecular complexity index is 734. The third-order valence-corrected chi connectivity index (χ3v) is 4.36. The molecule has 18 heavy (non-hydrogen) atoms. The lowest BCUT2D eigenvalue weighted by atomic mass is 10.0. The lowest BCUT2D eigenvalue weighted by Crippen LogP contribution is -1.86. The van der Waals surface area contributed by atoms with Gasteiger partial charge in [0.1, 0.15) is 11.5 Å². The van der Waals surface area contributed by atoms with Gasteiger partial charge in [0.25, 0.3) is 0 Å². The van der Waals surface area contributed by atoms with E-state index in [1.54, 1.807) is 11.3 Å². The second-order valence-corrected chi connectivity index (χ2v) is 5.55. The Balaban J connectivity index is 2.29. The summed E-state index contributed by atoms with van der Waals surface area (Å²) >= 11 is 7.67. The maximum atomic E-state index is 6.08. The van der Waals surface area contributed by atoms with Crippen molar-refractivity contribution in [2.45, 2.75) is 13.8 Å². The molecule has 0 aliphatic rings. The van der Waals surface area contributed by atoms with Crippen LogP contribution >= 0.6 is 22.9 Å². The number of fused-ring (bicyclic) bond motifs is 1. The summed E-state index contributed by atoms with van der Waals surface area (Å²) in [5, 5.41) is 2.63. The van der Waals surface area contributed by atoms with E-state index in [-0.39, 0.29) is 0 Å². The average Bonchev–Trinajstić information content (AvgIpc) is 2.74. The number of halogens is 1. The number of benzene rings is 1. The smallest absolute Gasteiger partial charge is 0.150 e. The SMILES string of the molecule is Cc1ccc(-c2csc3c(Cl)ncnc23)c(C)c1. The average molecular weight is 275 g/mol. The number of thiophene rings is 1. The van der Waals surface area contributed by atoms with Gasteiger partial charge in [0.2, 0.25) is 0 Å². The highest BCUT2D eigenvalue weighted by Crippen LogP contribution is 2.36. The van der Waals surface area contributed by atoms with E-state index < -0.39 is 0 Å². The van der Waals surface area contributed by atoms with Crippen molar-refractivity contribution in [1.29, 1.82) is 0 Å². The van der Waals surface area contributed by atoms with Crippen molar-refractivity contribution in [1.82, 2.24) is 9.97 Å². The monoisotopic (exact) mass is 274 g/mol. The van der Waals surface area contributed by atoms with Crippen molar-refractivity contribution in [2.75, 3.05) is 0 Å². The summed E-state index contributed by atoms with van der Waals surface area (Å²) in [6.07, 6.45) is 1.52. The van der Waals surface area contributed by atoms with Crippen LogP contribution in [0.15, 0.2) is 29.9 Å². The minimum absolute atomic E-state index is 0.529. The van der Waals surface area contributed by atoms with Crippen LogP contribution in [0.1, 0.15) is 11.1 Å². The molecule has 0 unspecified atom stereocenters. The van der Waals surface area contributed by atoms with E-state index >= 15 is 0 Å². The Morgan fingerprint density at radius 2 is 1.94 bits per heavy atom. The van der Waals surface area contributed by atoms with Gasteiger partial charge in [-0.15, -0.1) is 11.3 Å². The molecule has 90 valence electrons. The number of hydrogen-bond donors (Lipinski definition) is 0. The van der Waals surface area contributed by atoms with Crippen LogP contribution in [0.4, 0.5) is 0 Å². The zero-order valence-electron chi connectivity index (χ0n) is 10.1. The van der Waals surface area contributed by atoms with Gasteiger partial charge in [-0.1, -0.05) is 35.4 Å². The molecule has 0 saturated heterocycles. The Kier molecular flexibility index (Phi) is 2.80. The topological polar surface area (TPSA) is 25.8 Å². The minimum Gasteiger partial charge on any atom is -0.235 e. The summed E-state index contributed by atoms with van der Waals surface area (Å²) < 4.78 is 0.953. The van der Waals surface area contributed by atoms with E-state index in [4.69, 9.17) is 11.6 Å². The molecule has 2 heterocycles. The molecule has 0 saturated carbocycles. The van der Waals surface area contributed by atoms with Crippen molar-refractivity contribution in [3.05, 3.63) is 46.2 Å². The largest absolute Gasteiger partial charge is 0.235 e. The fourth-order valence-corrected chi connectivity index (χ4v) is 3.29. The summed E-state index contributed by atoms with van der Waals surface area (Å²) in [5.41, 5.74) is 5.80. The minimum atomic E-state index is 0.529. The Labute approximate surface area is 114 Å². The molecule has 0 fully saturated rings. The predicted molar refractivity (Wildman–Crippen MR) is 77.3 cm³/mol. The molecule has 0 spiro atoms. The number of rotatable bonds is 1. The lowest BCUT2D eigenvalue weighted by Gasteiger charge is -2.05. The van der Waals surface area contributed by atoms with Gasteiger partial charge in [-0.3, -0.25) is 0 Å². The predicted octanol–water partition coefficient (Wildman–Crippen LogP) is 4.63. The maximum absolute atomic E-state index is 6.08. The molecule has 4 heteroatoms. The first-order valence-corrected chi connectivity index (χ1v) is 6.88. The van der Waals surface area contributed by atoms with Gasteiger partial charge in [0.05, 0.1) is 10.2 Å². The number of aromatic nitrogens is 2. The molecule has 0 amide bonds. The number of hydrogen-bond acceptors (Lipinski definition) is 3. The van der Waals surface area contributed by atoms with Crippen LogP contribution in [-0.4, -0.2) is 9.97 Å². The normalized spacial score (nSPS) is 11.1. The molecule has 2 nitrogen and oxygen atoms in total. The Hall–Kier alpha value is -1.45. The summed E-state index contributed by atoms with van der Waals surface area (Å²) in [6.45, 7) is 4.22. The van der Waals surface area contributed by atoms with Crippen LogP contribution in [0.25, 0.3) is 21.3 Å². The van der Waals surface area contributed by atoms with Crippen molar-refractivity contribution < 1.29 is 0 Å². The van der Waals surface area contributed by atoms with Gasteiger partial charge < -0.3 is 0 Å². The zero-order chi connectivity index (χ0) is 12.7. The highest BCUT2D eigenvalue weighted by molar-refractivity contribution is 7.18. The summed E-state index contributed by atoms with van der Waals surface area (Å²) in [5.74, 6) is 0. The van der Waals surface area contributed by atoms with Crippen LogP contribution in [0.2, 0.25) is 5.15 Å². The molecule has 0 aliphatic carbocycles. The van der Waals surface area contributed by atoms with Gasteiger partial charge in [0, 0.05) is 10.9 Å². The van der Waals surface area contributed by atoms with E-state index in [1.807, 2.05) is 0 Å². The molecule has 3 aromatic rings. The van der Waals surface area contributed by atoms with Gasteiger partial charge in [-0.25, -0.2) is 9.97 Å². The third kappa shape index (κ3) is 1.80. The molecule has 0 N–H and O–H groups in total. The van der Waals surface area contributed by atoms with Crippen molar-refractivity contribution in [3.8, 4) is 11.1 Å². The first-order chi connectivity index (χ1) is 8.66. The molecule has 2 aromatic heterocycles. The fourth-order valence-electron chi connectivity index (χ4n) is 2.13. The number of nitrogens with zero attached hydrogens (tertiary/aromatic N) is 2. The van der Waals surface area contributed by atoms with Crippen LogP contribution in [0, 0.1) is 13.8 Å². The first kappa shape index (κ1) is 11.6. The van der Waals surface area contributed by atoms with Crippen LogP contribution in [0.5, 0.6) is 0 Å². The zero-order valence-corrected chi connectivity index (χ0v) is 11.6. The molecule has 1 aromatic carbocycles. The van der Waals surface area contributed by atoms with Gasteiger partial charge in [-0.05, 0) is 25.0 Å². The highest BCUT2D eigenvalue weighted by atomic mass is 35.5. The molecule has 0 aliphatic heterocycles. The fraction of sp³-hybridized carbons (Fsp3) is 0.143. The van der Waals surface area contributed by atoms with Crippen molar-refractivity contribution in [2.24, 2.45) is 0 Å². The summed E-state index contributed by atoms with van der Waals surface area (Å²) in [7, 11) is 0. The summed E-state index contributed by atoms with van der Waals surface area (Å²) in [4.78, 5) is 8.37. The van der Waals surface area contributed by atoms with Crippen LogP contribution < -0.4 is 0 Å². The molecular formula is C14H11ClN2S. The molecule has 3 rings (SSSR count). The lowest BCUT2D eigenvalue weighted by molar-refractivity contribution is 1.23. The number of aryl methyl sites for hydroxylation is 2. The Morgan fingerprint density at radius 3 is 2.72 bits per heavy atom. The van der Waals surface area contributed by atoms with Crippen molar-refractivity contribution >= 4 is 33.2 Å². The van der Waals surface area contributed by atoms with E-state index in [0.717, 1.165) is 15.8 Å². The van der Waals surface area contributed by atoms with Crippen molar-refractivity contribution in [3.63, 3.8) is 0 Å². The maximum Gasteiger partial charge on any atom is 0.150 e. The molecule has 0 radical (unpaired) electrons.